The standard InChI is InChI=1S/C28H32ClNO4S/c1-4-5-7-23-11-15-25(16-12-23)30(35(32,33)26-17-13-24(29)14-18-26)28(31)8-6-19-34-27-20-21(2)9-10-22(27)3/h9-18,20H,4-8,19H2,1-3H3. The van der Waals surface area contributed by atoms with E-state index in [0.29, 0.717) is 23.7 Å². The Morgan fingerprint density at radius 1 is 0.943 bits per heavy atom. The maximum Gasteiger partial charge on any atom is 0.270 e. The van der Waals surface area contributed by atoms with E-state index in [4.69, 9.17) is 16.3 Å². The molecule has 0 aliphatic carbocycles. The highest BCUT2D eigenvalue weighted by molar-refractivity contribution is 7.93. The van der Waals surface area contributed by atoms with E-state index >= 15 is 0 Å². The van der Waals surface area contributed by atoms with Gasteiger partial charge in [-0.2, -0.15) is 0 Å². The number of benzene rings is 3. The number of nitrogens with zero attached hydrogens (tertiary/aromatic N) is 1. The lowest BCUT2D eigenvalue weighted by molar-refractivity contribution is -0.117. The van der Waals surface area contributed by atoms with Crippen LogP contribution in [0.3, 0.4) is 0 Å². The summed E-state index contributed by atoms with van der Waals surface area (Å²) in [4.78, 5) is 13.3. The van der Waals surface area contributed by atoms with Gasteiger partial charge in [0.15, 0.2) is 0 Å². The molecule has 0 aliphatic rings. The molecule has 0 fully saturated rings. The Morgan fingerprint density at radius 3 is 2.29 bits per heavy atom. The number of aryl methyl sites for hydroxylation is 3. The molecule has 0 aromatic heterocycles. The molecule has 0 atom stereocenters. The van der Waals surface area contributed by atoms with Crippen LogP contribution in [0, 0.1) is 13.8 Å². The highest BCUT2D eigenvalue weighted by atomic mass is 35.5. The van der Waals surface area contributed by atoms with Gasteiger partial charge in [-0.05, 0) is 92.3 Å². The summed E-state index contributed by atoms with van der Waals surface area (Å²) < 4.78 is 33.8. The van der Waals surface area contributed by atoms with Crippen LogP contribution in [0.5, 0.6) is 5.75 Å². The highest BCUT2D eigenvalue weighted by Gasteiger charge is 2.30. The molecule has 3 rings (SSSR count). The third-order valence-corrected chi connectivity index (χ3v) is 7.72. The Kier molecular flexibility index (Phi) is 9.35. The maximum atomic E-state index is 13.5. The number of anilines is 1. The first-order valence-electron chi connectivity index (χ1n) is 11.8. The van der Waals surface area contributed by atoms with Crippen LogP contribution in [0.15, 0.2) is 71.6 Å². The maximum absolute atomic E-state index is 13.5. The fourth-order valence-corrected chi connectivity index (χ4v) is 5.25. The van der Waals surface area contributed by atoms with E-state index in [1.807, 2.05) is 44.2 Å². The van der Waals surface area contributed by atoms with E-state index in [1.165, 1.54) is 24.3 Å². The molecule has 186 valence electrons. The number of unbranched alkanes of at least 4 members (excludes halogenated alkanes) is 1. The Bertz CT molecular complexity index is 1240. The quantitative estimate of drug-likeness (QED) is 0.262. The minimum atomic E-state index is -4.12. The first-order valence-corrected chi connectivity index (χ1v) is 13.7. The normalized spacial score (nSPS) is 11.3. The number of carbonyl (C=O) groups excluding carboxylic acids is 1. The van der Waals surface area contributed by atoms with Crippen LogP contribution in [0.4, 0.5) is 5.69 Å². The first-order chi connectivity index (χ1) is 16.7. The van der Waals surface area contributed by atoms with Crippen LogP contribution in [-0.4, -0.2) is 20.9 Å². The smallest absolute Gasteiger partial charge is 0.270 e. The van der Waals surface area contributed by atoms with Crippen LogP contribution in [0.1, 0.15) is 49.3 Å². The van der Waals surface area contributed by atoms with Gasteiger partial charge < -0.3 is 4.74 Å². The number of sulfonamides is 1. The van der Waals surface area contributed by atoms with Crippen LogP contribution in [0.2, 0.25) is 5.02 Å². The van der Waals surface area contributed by atoms with Gasteiger partial charge in [-0.25, -0.2) is 12.7 Å². The van der Waals surface area contributed by atoms with Crippen molar-refractivity contribution in [3.8, 4) is 5.75 Å². The monoisotopic (exact) mass is 513 g/mol. The predicted molar refractivity (Wildman–Crippen MR) is 142 cm³/mol. The number of ether oxygens (including phenoxy) is 1. The molecule has 5 nitrogen and oxygen atoms in total. The summed E-state index contributed by atoms with van der Waals surface area (Å²) in [5, 5.41) is 0.422. The fraction of sp³-hybridized carbons (Fsp3) is 0.321. The van der Waals surface area contributed by atoms with Crippen molar-refractivity contribution < 1.29 is 17.9 Å². The van der Waals surface area contributed by atoms with Gasteiger partial charge in [0, 0.05) is 11.4 Å². The second kappa shape index (κ2) is 12.2. The third kappa shape index (κ3) is 7.09. The van der Waals surface area contributed by atoms with Crippen molar-refractivity contribution in [3.05, 3.63) is 88.4 Å². The molecular formula is C28H32ClNO4S. The third-order valence-electron chi connectivity index (χ3n) is 5.70. The van der Waals surface area contributed by atoms with Crippen LogP contribution in [-0.2, 0) is 21.2 Å². The SMILES string of the molecule is CCCCc1ccc(N(C(=O)CCCOc2cc(C)ccc2C)S(=O)(=O)c2ccc(Cl)cc2)cc1. The van der Waals surface area contributed by atoms with E-state index in [-0.39, 0.29) is 11.3 Å². The summed E-state index contributed by atoms with van der Waals surface area (Å²) >= 11 is 5.95. The van der Waals surface area contributed by atoms with Gasteiger partial charge in [-0.15, -0.1) is 0 Å². The second-order valence-corrected chi connectivity index (χ2v) is 10.8. The zero-order valence-electron chi connectivity index (χ0n) is 20.5. The first kappa shape index (κ1) is 26.8. The molecule has 0 radical (unpaired) electrons. The minimum Gasteiger partial charge on any atom is -0.493 e. The van der Waals surface area contributed by atoms with E-state index < -0.39 is 15.9 Å². The largest absolute Gasteiger partial charge is 0.493 e. The molecule has 0 heterocycles. The predicted octanol–water partition coefficient (Wildman–Crippen LogP) is 6.88. The molecule has 7 heteroatoms. The molecule has 0 N–H and O–H groups in total. The summed E-state index contributed by atoms with van der Waals surface area (Å²) in [6.45, 7) is 6.38. The average Bonchev–Trinajstić information content (AvgIpc) is 2.83. The molecule has 1 amide bonds. The van der Waals surface area contributed by atoms with E-state index in [2.05, 4.69) is 6.92 Å². The Balaban J connectivity index is 1.79. The van der Waals surface area contributed by atoms with Gasteiger partial charge >= 0.3 is 0 Å². The van der Waals surface area contributed by atoms with Crippen molar-refractivity contribution in [1.82, 2.24) is 0 Å². The number of hydrogen-bond acceptors (Lipinski definition) is 4. The molecule has 3 aromatic rings. The molecule has 35 heavy (non-hydrogen) atoms. The number of rotatable bonds is 11. The Morgan fingerprint density at radius 2 is 1.63 bits per heavy atom. The summed E-state index contributed by atoms with van der Waals surface area (Å²) in [5.41, 5.74) is 3.52. The van der Waals surface area contributed by atoms with Crippen molar-refractivity contribution in [2.75, 3.05) is 10.9 Å². The van der Waals surface area contributed by atoms with Crippen LogP contribution < -0.4 is 9.04 Å². The minimum absolute atomic E-state index is 0.0111. The van der Waals surface area contributed by atoms with Crippen molar-refractivity contribution in [2.45, 2.75) is 57.8 Å². The number of hydrogen-bond donors (Lipinski definition) is 0. The Labute approximate surface area is 213 Å². The topological polar surface area (TPSA) is 63.7 Å². The van der Waals surface area contributed by atoms with E-state index in [1.54, 1.807) is 12.1 Å². The van der Waals surface area contributed by atoms with Gasteiger partial charge in [0.2, 0.25) is 5.91 Å². The fourth-order valence-electron chi connectivity index (χ4n) is 3.68. The van der Waals surface area contributed by atoms with Crippen molar-refractivity contribution in [2.24, 2.45) is 0 Å². The lowest BCUT2D eigenvalue weighted by Gasteiger charge is -2.23. The van der Waals surface area contributed by atoms with Gasteiger partial charge in [0.1, 0.15) is 5.75 Å². The van der Waals surface area contributed by atoms with Crippen LogP contribution >= 0.6 is 11.6 Å². The summed E-state index contributed by atoms with van der Waals surface area (Å²) in [6, 6.07) is 18.9. The van der Waals surface area contributed by atoms with Gasteiger partial charge in [-0.3, -0.25) is 4.79 Å². The van der Waals surface area contributed by atoms with Crippen LogP contribution in [0.25, 0.3) is 0 Å². The molecule has 0 aliphatic heterocycles. The molecular weight excluding hydrogens is 482 g/mol. The molecule has 0 unspecified atom stereocenters. The summed E-state index contributed by atoms with van der Waals surface area (Å²) in [5.74, 6) is 0.261. The molecule has 0 spiro atoms. The lowest BCUT2D eigenvalue weighted by atomic mass is 10.1. The average molecular weight is 514 g/mol. The zero-order valence-corrected chi connectivity index (χ0v) is 22.0. The van der Waals surface area contributed by atoms with Gasteiger partial charge in [-0.1, -0.05) is 49.2 Å². The van der Waals surface area contributed by atoms with E-state index in [0.717, 1.165) is 46.0 Å². The van der Waals surface area contributed by atoms with E-state index in [9.17, 15) is 13.2 Å². The van der Waals surface area contributed by atoms with Crippen molar-refractivity contribution >= 4 is 33.2 Å². The number of carbonyl (C=O) groups is 1. The highest BCUT2D eigenvalue weighted by Crippen LogP contribution is 2.27. The second-order valence-electron chi connectivity index (χ2n) is 8.61. The number of amides is 1. The molecule has 0 saturated heterocycles. The molecule has 0 saturated carbocycles. The molecule has 3 aromatic carbocycles. The summed E-state index contributed by atoms with van der Waals surface area (Å²) in [7, 11) is -4.12. The van der Waals surface area contributed by atoms with Crippen molar-refractivity contribution in [1.29, 1.82) is 0 Å². The Hall–Kier alpha value is -2.83. The molecule has 0 bridgehead atoms. The van der Waals surface area contributed by atoms with Crippen molar-refractivity contribution in [3.63, 3.8) is 0 Å². The zero-order chi connectivity index (χ0) is 25.4. The summed E-state index contributed by atoms with van der Waals surface area (Å²) in [6.07, 6.45) is 3.43. The number of halogens is 1. The van der Waals surface area contributed by atoms with Gasteiger partial charge in [0.05, 0.1) is 17.2 Å². The van der Waals surface area contributed by atoms with Gasteiger partial charge in [0.25, 0.3) is 10.0 Å². The lowest BCUT2D eigenvalue weighted by Crippen LogP contribution is -2.37.